The second kappa shape index (κ2) is 8.06. The van der Waals surface area contributed by atoms with Crippen molar-refractivity contribution in [3.63, 3.8) is 0 Å². The van der Waals surface area contributed by atoms with Gasteiger partial charge in [-0.3, -0.25) is 0 Å². The van der Waals surface area contributed by atoms with Crippen LogP contribution in [0.1, 0.15) is 58.4 Å². The Kier molecular flexibility index (Phi) is 7.09. The lowest BCUT2D eigenvalue weighted by atomic mass is 9.84. The van der Waals surface area contributed by atoms with E-state index in [9.17, 15) is 0 Å². The average Bonchev–Trinajstić information content (AvgIpc) is 2.32. The van der Waals surface area contributed by atoms with Crippen LogP contribution < -0.4 is 5.32 Å². The fourth-order valence-corrected chi connectivity index (χ4v) is 2.62. The van der Waals surface area contributed by atoms with E-state index in [0.29, 0.717) is 11.3 Å². The van der Waals surface area contributed by atoms with E-state index in [1.165, 1.54) is 29.3 Å². The van der Waals surface area contributed by atoms with Crippen molar-refractivity contribution in [1.82, 2.24) is 5.32 Å². The Morgan fingerprint density at radius 1 is 1.26 bits per heavy atom. The Labute approximate surface area is 127 Å². The molecular formula is C17H28BrN. The highest BCUT2D eigenvalue weighted by atomic mass is 79.9. The molecule has 0 fully saturated rings. The Bertz CT molecular complexity index is 368. The van der Waals surface area contributed by atoms with E-state index in [2.05, 4.69) is 73.2 Å². The number of benzene rings is 1. The van der Waals surface area contributed by atoms with E-state index < -0.39 is 0 Å². The van der Waals surface area contributed by atoms with Gasteiger partial charge in [0.1, 0.15) is 0 Å². The SMILES string of the molecule is CCCNCC(CCC(C)(C)C)c1cccc(Br)c1. The van der Waals surface area contributed by atoms with E-state index in [-0.39, 0.29) is 0 Å². The highest BCUT2D eigenvalue weighted by molar-refractivity contribution is 9.10. The summed E-state index contributed by atoms with van der Waals surface area (Å²) in [5.74, 6) is 0.614. The van der Waals surface area contributed by atoms with Crippen molar-refractivity contribution in [2.24, 2.45) is 5.41 Å². The number of hydrogen-bond acceptors (Lipinski definition) is 1. The molecule has 0 saturated carbocycles. The van der Waals surface area contributed by atoms with Gasteiger partial charge in [-0.15, -0.1) is 0 Å². The normalized spacial score (nSPS) is 13.5. The summed E-state index contributed by atoms with van der Waals surface area (Å²) in [6, 6.07) is 8.76. The quantitative estimate of drug-likeness (QED) is 0.665. The average molecular weight is 326 g/mol. The summed E-state index contributed by atoms with van der Waals surface area (Å²) < 4.78 is 1.18. The van der Waals surface area contributed by atoms with Crippen molar-refractivity contribution < 1.29 is 0 Å². The van der Waals surface area contributed by atoms with Gasteiger partial charge in [0, 0.05) is 11.0 Å². The van der Waals surface area contributed by atoms with Gasteiger partial charge >= 0.3 is 0 Å². The Morgan fingerprint density at radius 2 is 2.00 bits per heavy atom. The van der Waals surface area contributed by atoms with Gasteiger partial charge in [-0.05, 0) is 54.8 Å². The predicted octanol–water partition coefficient (Wildman–Crippen LogP) is 5.36. The van der Waals surface area contributed by atoms with Crippen molar-refractivity contribution in [2.75, 3.05) is 13.1 Å². The predicted molar refractivity (Wildman–Crippen MR) is 88.7 cm³/mol. The molecule has 1 nitrogen and oxygen atoms in total. The molecule has 1 aromatic carbocycles. The summed E-state index contributed by atoms with van der Waals surface area (Å²) >= 11 is 3.58. The number of halogens is 1. The minimum absolute atomic E-state index is 0.412. The molecule has 1 unspecified atom stereocenters. The van der Waals surface area contributed by atoms with Crippen LogP contribution in [-0.4, -0.2) is 13.1 Å². The molecule has 1 N–H and O–H groups in total. The molecule has 0 spiro atoms. The fraction of sp³-hybridized carbons (Fsp3) is 0.647. The van der Waals surface area contributed by atoms with Crippen molar-refractivity contribution in [3.8, 4) is 0 Å². The van der Waals surface area contributed by atoms with Crippen molar-refractivity contribution in [1.29, 1.82) is 0 Å². The van der Waals surface area contributed by atoms with Crippen LogP contribution in [0.25, 0.3) is 0 Å². The van der Waals surface area contributed by atoms with Gasteiger partial charge in [-0.2, -0.15) is 0 Å². The van der Waals surface area contributed by atoms with Crippen LogP contribution in [0.4, 0.5) is 0 Å². The molecule has 0 aliphatic rings. The largest absolute Gasteiger partial charge is 0.316 e. The molecule has 2 heteroatoms. The van der Waals surface area contributed by atoms with E-state index in [0.717, 1.165) is 13.1 Å². The summed E-state index contributed by atoms with van der Waals surface area (Å²) in [5, 5.41) is 3.57. The molecule has 1 aromatic rings. The van der Waals surface area contributed by atoms with Crippen LogP contribution in [0.2, 0.25) is 0 Å². The van der Waals surface area contributed by atoms with Crippen LogP contribution in [0.3, 0.4) is 0 Å². The second-order valence-electron chi connectivity index (χ2n) is 6.56. The van der Waals surface area contributed by atoms with Crippen LogP contribution in [0.5, 0.6) is 0 Å². The fourth-order valence-electron chi connectivity index (χ4n) is 2.21. The molecule has 1 atom stereocenters. The standard InChI is InChI=1S/C17H28BrN/c1-5-11-19-13-15(9-10-17(2,3)4)14-7-6-8-16(18)12-14/h6-8,12,15,19H,5,9-11,13H2,1-4H3. The van der Waals surface area contributed by atoms with Crippen LogP contribution in [-0.2, 0) is 0 Å². The zero-order chi connectivity index (χ0) is 14.3. The molecule has 0 radical (unpaired) electrons. The molecule has 0 bridgehead atoms. The first-order valence-electron chi connectivity index (χ1n) is 7.38. The minimum atomic E-state index is 0.412. The summed E-state index contributed by atoms with van der Waals surface area (Å²) in [5.41, 5.74) is 1.86. The number of hydrogen-bond donors (Lipinski definition) is 1. The first-order valence-corrected chi connectivity index (χ1v) is 8.18. The van der Waals surface area contributed by atoms with Gasteiger partial charge in [-0.25, -0.2) is 0 Å². The Morgan fingerprint density at radius 3 is 2.58 bits per heavy atom. The highest BCUT2D eigenvalue weighted by Crippen LogP contribution is 2.29. The van der Waals surface area contributed by atoms with E-state index in [1.807, 2.05) is 0 Å². The zero-order valence-corrected chi connectivity index (χ0v) is 14.4. The van der Waals surface area contributed by atoms with Crippen LogP contribution in [0, 0.1) is 5.41 Å². The molecule has 0 aliphatic heterocycles. The monoisotopic (exact) mass is 325 g/mol. The van der Waals surface area contributed by atoms with Crippen molar-refractivity contribution in [2.45, 2.75) is 52.9 Å². The first-order chi connectivity index (χ1) is 8.92. The first kappa shape index (κ1) is 16.7. The highest BCUT2D eigenvalue weighted by Gasteiger charge is 2.16. The smallest absolute Gasteiger partial charge is 0.0178 e. The van der Waals surface area contributed by atoms with Crippen molar-refractivity contribution in [3.05, 3.63) is 34.3 Å². The Hall–Kier alpha value is -0.340. The molecule has 0 heterocycles. The second-order valence-corrected chi connectivity index (χ2v) is 7.47. The lowest BCUT2D eigenvalue weighted by molar-refractivity contribution is 0.344. The molecule has 0 amide bonds. The molecule has 108 valence electrons. The van der Waals surface area contributed by atoms with E-state index >= 15 is 0 Å². The third-order valence-electron chi connectivity index (χ3n) is 3.38. The summed E-state index contributed by atoms with van der Waals surface area (Å²) in [6.45, 7) is 11.4. The van der Waals surface area contributed by atoms with E-state index in [1.54, 1.807) is 0 Å². The summed E-state index contributed by atoms with van der Waals surface area (Å²) in [7, 11) is 0. The zero-order valence-electron chi connectivity index (χ0n) is 12.8. The third-order valence-corrected chi connectivity index (χ3v) is 3.87. The molecule has 0 saturated heterocycles. The Balaban J connectivity index is 2.68. The lowest BCUT2D eigenvalue weighted by Gasteiger charge is -2.24. The van der Waals surface area contributed by atoms with Gasteiger partial charge in [0.15, 0.2) is 0 Å². The van der Waals surface area contributed by atoms with Gasteiger partial charge in [0.2, 0.25) is 0 Å². The van der Waals surface area contributed by atoms with Gasteiger partial charge in [-0.1, -0.05) is 55.8 Å². The van der Waals surface area contributed by atoms with Crippen molar-refractivity contribution >= 4 is 15.9 Å². The molecule has 1 rings (SSSR count). The number of nitrogens with one attached hydrogen (secondary N) is 1. The maximum Gasteiger partial charge on any atom is 0.0178 e. The van der Waals surface area contributed by atoms with Gasteiger partial charge in [0.05, 0.1) is 0 Å². The van der Waals surface area contributed by atoms with Crippen LogP contribution >= 0.6 is 15.9 Å². The maximum absolute atomic E-state index is 3.58. The van der Waals surface area contributed by atoms with E-state index in [4.69, 9.17) is 0 Å². The maximum atomic E-state index is 3.58. The topological polar surface area (TPSA) is 12.0 Å². The molecular weight excluding hydrogens is 298 g/mol. The summed E-state index contributed by atoms with van der Waals surface area (Å²) in [4.78, 5) is 0. The molecule has 19 heavy (non-hydrogen) atoms. The summed E-state index contributed by atoms with van der Waals surface area (Å²) in [6.07, 6.45) is 3.71. The third kappa shape index (κ3) is 7.12. The lowest BCUT2D eigenvalue weighted by Crippen LogP contribution is -2.23. The van der Waals surface area contributed by atoms with Crippen LogP contribution in [0.15, 0.2) is 28.7 Å². The van der Waals surface area contributed by atoms with Gasteiger partial charge < -0.3 is 5.32 Å². The molecule has 0 aromatic heterocycles. The molecule has 0 aliphatic carbocycles. The van der Waals surface area contributed by atoms with Gasteiger partial charge in [0.25, 0.3) is 0 Å². The number of rotatable bonds is 7. The minimum Gasteiger partial charge on any atom is -0.316 e.